The van der Waals surface area contributed by atoms with E-state index in [0.717, 1.165) is 33.2 Å². The first kappa shape index (κ1) is 21.7. The van der Waals surface area contributed by atoms with Crippen LogP contribution in [0.3, 0.4) is 0 Å². The van der Waals surface area contributed by atoms with Crippen LogP contribution in [0, 0.1) is 5.92 Å². The molecule has 0 aliphatic heterocycles. The number of allylic oxidation sites excluding steroid dienone is 1. The van der Waals surface area contributed by atoms with E-state index in [2.05, 4.69) is 61.6 Å². The monoisotopic (exact) mass is 427 g/mol. The maximum Gasteiger partial charge on any atom is 0.244 e. The standard InChI is InChI=1S/C28H29NO3/c1-5-31-26-15-27-24(14-23(26)19(4)13-28(30)29-16-18(2)3)25(17-32-27)22-12-8-10-20-9-6-7-11-21(20)22/h6-15,17-18H,5,16H2,1-4H3,(H,29,30)/b19-13+. The van der Waals surface area contributed by atoms with Crippen molar-refractivity contribution in [2.45, 2.75) is 27.7 Å². The van der Waals surface area contributed by atoms with Crippen molar-refractivity contribution in [2.75, 3.05) is 13.2 Å². The van der Waals surface area contributed by atoms with E-state index in [0.29, 0.717) is 24.8 Å². The van der Waals surface area contributed by atoms with Crippen molar-refractivity contribution < 1.29 is 13.9 Å². The fourth-order valence-electron chi connectivity index (χ4n) is 3.94. The molecule has 1 heterocycles. The van der Waals surface area contributed by atoms with Crippen molar-refractivity contribution in [1.29, 1.82) is 0 Å². The SMILES string of the molecule is CCOc1cc2occ(-c3cccc4ccccc34)c2cc1/C(C)=C/C(=O)NCC(C)C. The number of fused-ring (bicyclic) bond motifs is 2. The van der Waals surface area contributed by atoms with Crippen molar-refractivity contribution in [2.24, 2.45) is 5.92 Å². The highest BCUT2D eigenvalue weighted by molar-refractivity contribution is 6.06. The first-order valence-corrected chi connectivity index (χ1v) is 11.1. The van der Waals surface area contributed by atoms with E-state index in [-0.39, 0.29) is 5.91 Å². The molecule has 32 heavy (non-hydrogen) atoms. The summed E-state index contributed by atoms with van der Waals surface area (Å²) >= 11 is 0. The smallest absolute Gasteiger partial charge is 0.244 e. The van der Waals surface area contributed by atoms with Gasteiger partial charge < -0.3 is 14.5 Å². The van der Waals surface area contributed by atoms with Gasteiger partial charge in [-0.25, -0.2) is 0 Å². The molecule has 4 rings (SSSR count). The number of ether oxygens (including phenoxy) is 1. The van der Waals surface area contributed by atoms with E-state index in [9.17, 15) is 4.79 Å². The zero-order valence-electron chi connectivity index (χ0n) is 19.1. The summed E-state index contributed by atoms with van der Waals surface area (Å²) in [4.78, 5) is 12.4. The quantitative estimate of drug-likeness (QED) is 0.329. The average Bonchev–Trinajstić information content (AvgIpc) is 3.19. The second-order valence-corrected chi connectivity index (χ2v) is 8.42. The Labute approximate surface area is 188 Å². The Hall–Kier alpha value is -3.53. The lowest BCUT2D eigenvalue weighted by Gasteiger charge is -2.12. The van der Waals surface area contributed by atoms with Crippen LogP contribution in [-0.2, 0) is 4.79 Å². The van der Waals surface area contributed by atoms with Crippen LogP contribution in [0.15, 0.2) is 71.4 Å². The zero-order valence-corrected chi connectivity index (χ0v) is 19.1. The number of amides is 1. The van der Waals surface area contributed by atoms with Gasteiger partial charge in [-0.05, 0) is 47.7 Å². The first-order valence-electron chi connectivity index (χ1n) is 11.1. The van der Waals surface area contributed by atoms with Gasteiger partial charge in [0.15, 0.2) is 0 Å². The van der Waals surface area contributed by atoms with Gasteiger partial charge in [0, 0.05) is 35.2 Å². The molecule has 0 saturated heterocycles. The Morgan fingerprint density at radius 2 is 1.84 bits per heavy atom. The molecular formula is C28H29NO3. The number of nitrogens with one attached hydrogen (secondary N) is 1. The third kappa shape index (κ3) is 4.40. The van der Waals surface area contributed by atoms with E-state index in [1.165, 1.54) is 10.8 Å². The van der Waals surface area contributed by atoms with Gasteiger partial charge in [-0.2, -0.15) is 0 Å². The van der Waals surface area contributed by atoms with E-state index < -0.39 is 0 Å². The Kier molecular flexibility index (Phi) is 6.31. The maximum atomic E-state index is 12.4. The first-order chi connectivity index (χ1) is 15.5. The molecule has 4 aromatic rings. The normalized spacial score (nSPS) is 12.0. The Bertz CT molecular complexity index is 1290. The molecule has 0 aliphatic carbocycles. The average molecular weight is 428 g/mol. The van der Waals surface area contributed by atoms with Crippen LogP contribution in [0.4, 0.5) is 0 Å². The summed E-state index contributed by atoms with van der Waals surface area (Å²) in [5.41, 5.74) is 4.65. The van der Waals surface area contributed by atoms with Crippen LogP contribution in [0.2, 0.25) is 0 Å². The maximum absolute atomic E-state index is 12.4. The molecule has 164 valence electrons. The van der Waals surface area contributed by atoms with Crippen LogP contribution in [0.25, 0.3) is 38.4 Å². The predicted molar refractivity (Wildman–Crippen MR) is 132 cm³/mol. The molecule has 4 heteroatoms. The number of hydrogen-bond donors (Lipinski definition) is 1. The molecule has 4 nitrogen and oxygen atoms in total. The minimum atomic E-state index is -0.0970. The van der Waals surface area contributed by atoms with Crippen molar-refractivity contribution in [3.63, 3.8) is 0 Å². The van der Waals surface area contributed by atoms with Gasteiger partial charge in [-0.3, -0.25) is 4.79 Å². The topological polar surface area (TPSA) is 51.5 Å². The van der Waals surface area contributed by atoms with Crippen molar-refractivity contribution in [1.82, 2.24) is 5.32 Å². The Balaban J connectivity index is 1.83. The molecule has 0 unspecified atom stereocenters. The number of rotatable bonds is 7. The van der Waals surface area contributed by atoms with Gasteiger partial charge in [0.1, 0.15) is 11.3 Å². The lowest BCUT2D eigenvalue weighted by Crippen LogP contribution is -2.25. The van der Waals surface area contributed by atoms with E-state index in [1.807, 2.05) is 26.0 Å². The zero-order chi connectivity index (χ0) is 22.7. The summed E-state index contributed by atoms with van der Waals surface area (Å²) in [5.74, 6) is 1.02. The molecule has 3 aromatic carbocycles. The molecule has 0 radical (unpaired) electrons. The molecule has 0 spiro atoms. The molecular weight excluding hydrogens is 398 g/mol. The summed E-state index contributed by atoms with van der Waals surface area (Å²) in [6, 6.07) is 18.6. The number of carbonyl (C=O) groups excluding carboxylic acids is 1. The fraction of sp³-hybridized carbons (Fsp3) is 0.250. The van der Waals surface area contributed by atoms with Crippen LogP contribution in [-0.4, -0.2) is 19.1 Å². The molecule has 0 aliphatic rings. The summed E-state index contributed by atoms with van der Waals surface area (Å²) in [5, 5.41) is 6.30. The number of carbonyl (C=O) groups is 1. The highest BCUT2D eigenvalue weighted by Gasteiger charge is 2.16. The predicted octanol–water partition coefficient (Wildman–Crippen LogP) is 6.83. The van der Waals surface area contributed by atoms with Gasteiger partial charge in [0.25, 0.3) is 0 Å². The fourth-order valence-corrected chi connectivity index (χ4v) is 3.94. The van der Waals surface area contributed by atoms with Crippen LogP contribution < -0.4 is 10.1 Å². The lowest BCUT2D eigenvalue weighted by atomic mass is 9.96. The third-order valence-electron chi connectivity index (χ3n) is 5.51. The molecule has 0 atom stereocenters. The van der Waals surface area contributed by atoms with Gasteiger partial charge >= 0.3 is 0 Å². The summed E-state index contributed by atoms with van der Waals surface area (Å²) in [6.45, 7) is 9.22. The van der Waals surface area contributed by atoms with Gasteiger partial charge in [0.2, 0.25) is 5.91 Å². The third-order valence-corrected chi connectivity index (χ3v) is 5.51. The molecule has 0 fully saturated rings. The minimum Gasteiger partial charge on any atom is -0.493 e. The summed E-state index contributed by atoms with van der Waals surface area (Å²) in [7, 11) is 0. The molecule has 1 N–H and O–H groups in total. The second-order valence-electron chi connectivity index (χ2n) is 8.42. The minimum absolute atomic E-state index is 0.0970. The van der Waals surface area contributed by atoms with Crippen molar-refractivity contribution in [3.8, 4) is 16.9 Å². The van der Waals surface area contributed by atoms with Gasteiger partial charge in [-0.1, -0.05) is 56.3 Å². The number of hydrogen-bond acceptors (Lipinski definition) is 3. The lowest BCUT2D eigenvalue weighted by molar-refractivity contribution is -0.116. The molecule has 0 saturated carbocycles. The van der Waals surface area contributed by atoms with Crippen molar-refractivity contribution >= 4 is 33.2 Å². The Morgan fingerprint density at radius 1 is 1.06 bits per heavy atom. The largest absolute Gasteiger partial charge is 0.493 e. The van der Waals surface area contributed by atoms with Gasteiger partial charge in [-0.15, -0.1) is 0 Å². The van der Waals surface area contributed by atoms with E-state index in [1.54, 1.807) is 12.3 Å². The molecule has 0 bridgehead atoms. The highest BCUT2D eigenvalue weighted by Crippen LogP contribution is 2.39. The van der Waals surface area contributed by atoms with E-state index >= 15 is 0 Å². The molecule has 1 amide bonds. The summed E-state index contributed by atoms with van der Waals surface area (Å²) in [6.07, 6.45) is 3.45. The van der Waals surface area contributed by atoms with Crippen LogP contribution in [0.1, 0.15) is 33.3 Å². The van der Waals surface area contributed by atoms with Crippen molar-refractivity contribution in [3.05, 3.63) is 72.5 Å². The van der Waals surface area contributed by atoms with Gasteiger partial charge in [0.05, 0.1) is 12.9 Å². The van der Waals surface area contributed by atoms with Crippen LogP contribution >= 0.6 is 0 Å². The number of benzene rings is 3. The highest BCUT2D eigenvalue weighted by atomic mass is 16.5. The Morgan fingerprint density at radius 3 is 2.62 bits per heavy atom. The summed E-state index contributed by atoms with van der Waals surface area (Å²) < 4.78 is 11.8. The second kappa shape index (κ2) is 9.31. The van der Waals surface area contributed by atoms with Crippen LogP contribution in [0.5, 0.6) is 5.75 Å². The molecule has 1 aromatic heterocycles. The van der Waals surface area contributed by atoms with E-state index in [4.69, 9.17) is 9.15 Å². The number of furan rings is 1.